The summed E-state index contributed by atoms with van der Waals surface area (Å²) in [7, 11) is 4.99. The third-order valence-corrected chi connectivity index (χ3v) is 4.45. The van der Waals surface area contributed by atoms with Crippen molar-refractivity contribution in [2.45, 2.75) is 13.5 Å². The molecule has 0 bridgehead atoms. The van der Waals surface area contributed by atoms with Gasteiger partial charge in [0.1, 0.15) is 6.54 Å². The van der Waals surface area contributed by atoms with Crippen LogP contribution in [0.3, 0.4) is 0 Å². The summed E-state index contributed by atoms with van der Waals surface area (Å²) in [5.41, 5.74) is 2.59. The monoisotopic (exact) mass is 331 g/mol. The minimum Gasteiger partial charge on any atom is -0.347 e. The molecule has 0 spiro atoms. The molecule has 0 aliphatic rings. The highest BCUT2D eigenvalue weighted by Crippen LogP contribution is 2.23. The lowest BCUT2D eigenvalue weighted by atomic mass is 10.2. The molecule has 3 rings (SSSR count). The molecule has 3 aromatic rings. The molecule has 8 heteroatoms. The lowest BCUT2D eigenvalue weighted by Crippen LogP contribution is -2.31. The normalized spacial score (nSPS) is 11.1. The fourth-order valence-electron chi connectivity index (χ4n) is 2.34. The summed E-state index contributed by atoms with van der Waals surface area (Å²) in [6, 6.07) is 1.86. The van der Waals surface area contributed by atoms with E-state index in [1.165, 1.54) is 14.0 Å². The average molecular weight is 331 g/mol. The van der Waals surface area contributed by atoms with Crippen LogP contribution < -0.4 is 5.69 Å². The van der Waals surface area contributed by atoms with Crippen LogP contribution in [0.25, 0.3) is 22.4 Å². The van der Waals surface area contributed by atoms with Gasteiger partial charge in [0.05, 0.1) is 16.2 Å². The molecular formula is C15H17N5O2S. The predicted molar refractivity (Wildman–Crippen MR) is 89.5 cm³/mol. The maximum Gasteiger partial charge on any atom is 0.330 e. The topological polar surface area (TPSA) is 73.0 Å². The van der Waals surface area contributed by atoms with Gasteiger partial charge in [-0.05, 0) is 13.0 Å². The molecule has 0 atom stereocenters. The second-order valence-corrected chi connectivity index (χ2v) is 6.60. The summed E-state index contributed by atoms with van der Waals surface area (Å²) in [5.74, 6) is -0.144. The highest BCUT2D eigenvalue weighted by atomic mass is 32.1. The molecule has 3 aromatic heterocycles. The van der Waals surface area contributed by atoms with Crippen LogP contribution in [0.2, 0.25) is 0 Å². The van der Waals surface area contributed by atoms with Crippen molar-refractivity contribution >= 4 is 28.4 Å². The first kappa shape index (κ1) is 15.4. The zero-order valence-electron chi connectivity index (χ0n) is 13.4. The van der Waals surface area contributed by atoms with E-state index in [4.69, 9.17) is 0 Å². The summed E-state index contributed by atoms with van der Waals surface area (Å²) < 4.78 is 2.90. The number of thiazole rings is 1. The van der Waals surface area contributed by atoms with E-state index >= 15 is 0 Å². The molecule has 1 amide bonds. The molecule has 0 aromatic carbocycles. The van der Waals surface area contributed by atoms with Gasteiger partial charge >= 0.3 is 5.69 Å². The van der Waals surface area contributed by atoms with Gasteiger partial charge in [-0.1, -0.05) is 0 Å². The smallest absolute Gasteiger partial charge is 0.330 e. The van der Waals surface area contributed by atoms with Crippen LogP contribution in [0.15, 0.2) is 22.4 Å². The van der Waals surface area contributed by atoms with Crippen LogP contribution in [-0.4, -0.2) is 44.0 Å². The Labute approximate surface area is 136 Å². The van der Waals surface area contributed by atoms with Crippen molar-refractivity contribution in [2.24, 2.45) is 7.05 Å². The fraction of sp³-hybridized carbons (Fsp3) is 0.333. The third-order valence-electron chi connectivity index (χ3n) is 3.68. The lowest BCUT2D eigenvalue weighted by Gasteiger charge is -2.10. The van der Waals surface area contributed by atoms with Gasteiger partial charge in [-0.25, -0.2) is 14.8 Å². The van der Waals surface area contributed by atoms with E-state index in [1.54, 1.807) is 38.7 Å². The Balaban J connectivity index is 2.17. The number of hydrogen-bond donors (Lipinski definition) is 0. The number of rotatable bonds is 3. The van der Waals surface area contributed by atoms with E-state index in [9.17, 15) is 9.59 Å². The first-order valence-corrected chi connectivity index (χ1v) is 7.94. The van der Waals surface area contributed by atoms with Crippen LogP contribution in [-0.2, 0) is 18.4 Å². The molecule has 3 heterocycles. The zero-order valence-corrected chi connectivity index (χ0v) is 14.2. The first-order valence-electron chi connectivity index (χ1n) is 7.06. The average Bonchev–Trinajstić information content (AvgIpc) is 3.05. The maximum atomic E-state index is 12.4. The van der Waals surface area contributed by atoms with Gasteiger partial charge in [0.2, 0.25) is 5.91 Å². The van der Waals surface area contributed by atoms with Gasteiger partial charge in [-0.3, -0.25) is 13.9 Å². The second kappa shape index (κ2) is 5.62. The molecule has 0 saturated heterocycles. The van der Waals surface area contributed by atoms with Gasteiger partial charge in [0.25, 0.3) is 0 Å². The summed E-state index contributed by atoms with van der Waals surface area (Å²) in [5, 5.41) is 2.92. The molecule has 0 fully saturated rings. The standard InChI is InChI=1S/C15H17N5O2S/c1-9-17-11(8-23-9)10-5-12-14(16-6-10)19(4)15(22)20(12)7-13(21)18(2)3/h5-6,8H,7H2,1-4H3. The van der Waals surface area contributed by atoms with Gasteiger partial charge < -0.3 is 4.90 Å². The molecular weight excluding hydrogens is 314 g/mol. The SMILES string of the molecule is Cc1nc(-c2cnc3c(c2)n(CC(=O)N(C)C)c(=O)n3C)cs1. The van der Waals surface area contributed by atoms with Crippen LogP contribution in [0.1, 0.15) is 5.01 Å². The second-order valence-electron chi connectivity index (χ2n) is 5.53. The Bertz CT molecular complexity index is 951. The number of fused-ring (bicyclic) bond motifs is 1. The Hall–Kier alpha value is -2.48. The van der Waals surface area contributed by atoms with Gasteiger partial charge in [-0.15, -0.1) is 11.3 Å². The van der Waals surface area contributed by atoms with Crippen molar-refractivity contribution in [3.05, 3.63) is 33.1 Å². The Morgan fingerprint density at radius 2 is 2.13 bits per heavy atom. The van der Waals surface area contributed by atoms with E-state index in [-0.39, 0.29) is 18.1 Å². The summed E-state index contributed by atoms with van der Waals surface area (Å²) in [6.07, 6.45) is 1.70. The highest BCUT2D eigenvalue weighted by Gasteiger charge is 2.17. The Kier molecular flexibility index (Phi) is 3.77. The molecule has 0 aliphatic carbocycles. The van der Waals surface area contributed by atoms with Crippen molar-refractivity contribution in [1.82, 2.24) is 24.0 Å². The van der Waals surface area contributed by atoms with E-state index < -0.39 is 0 Å². The van der Waals surface area contributed by atoms with Crippen molar-refractivity contribution in [3.63, 3.8) is 0 Å². The molecule has 0 radical (unpaired) electrons. The number of carbonyl (C=O) groups excluding carboxylic acids is 1. The molecule has 0 aliphatic heterocycles. The van der Waals surface area contributed by atoms with Gasteiger partial charge in [0, 0.05) is 38.3 Å². The van der Waals surface area contributed by atoms with Crippen molar-refractivity contribution in [2.75, 3.05) is 14.1 Å². The summed E-state index contributed by atoms with van der Waals surface area (Å²) in [4.78, 5) is 34.7. The third kappa shape index (κ3) is 2.65. The molecule has 0 saturated carbocycles. The van der Waals surface area contributed by atoms with Crippen molar-refractivity contribution in [1.29, 1.82) is 0 Å². The largest absolute Gasteiger partial charge is 0.347 e. The number of carbonyl (C=O) groups is 1. The minimum absolute atomic E-state index is 0.00952. The van der Waals surface area contributed by atoms with Crippen LogP contribution >= 0.6 is 11.3 Å². The minimum atomic E-state index is -0.255. The number of aryl methyl sites for hydroxylation is 2. The van der Waals surface area contributed by atoms with E-state index in [2.05, 4.69) is 9.97 Å². The highest BCUT2D eigenvalue weighted by molar-refractivity contribution is 7.09. The van der Waals surface area contributed by atoms with Crippen LogP contribution in [0, 0.1) is 6.92 Å². The first-order chi connectivity index (χ1) is 10.9. The zero-order chi connectivity index (χ0) is 16.7. The van der Waals surface area contributed by atoms with Gasteiger partial charge in [0.15, 0.2) is 5.65 Å². The van der Waals surface area contributed by atoms with Gasteiger partial charge in [-0.2, -0.15) is 0 Å². The van der Waals surface area contributed by atoms with Crippen LogP contribution in [0.4, 0.5) is 0 Å². The lowest BCUT2D eigenvalue weighted by molar-refractivity contribution is -0.129. The van der Waals surface area contributed by atoms with E-state index in [0.717, 1.165) is 16.3 Å². The summed E-state index contributed by atoms with van der Waals surface area (Å²) in [6.45, 7) is 1.93. The Morgan fingerprint density at radius 3 is 2.74 bits per heavy atom. The van der Waals surface area contributed by atoms with E-state index in [0.29, 0.717) is 11.2 Å². The number of aromatic nitrogens is 4. The number of amides is 1. The quantitative estimate of drug-likeness (QED) is 0.724. The molecule has 23 heavy (non-hydrogen) atoms. The number of likely N-dealkylation sites (N-methyl/N-ethyl adjacent to an activating group) is 1. The number of imidazole rings is 1. The fourth-order valence-corrected chi connectivity index (χ4v) is 2.97. The number of nitrogens with zero attached hydrogens (tertiary/aromatic N) is 5. The van der Waals surface area contributed by atoms with E-state index in [1.807, 2.05) is 18.4 Å². The molecule has 0 unspecified atom stereocenters. The number of hydrogen-bond acceptors (Lipinski definition) is 5. The Morgan fingerprint density at radius 1 is 1.39 bits per heavy atom. The molecule has 0 N–H and O–H groups in total. The molecule has 7 nitrogen and oxygen atoms in total. The predicted octanol–water partition coefficient (Wildman–Crippen LogP) is 1.26. The maximum absolute atomic E-state index is 12.4. The number of pyridine rings is 1. The summed E-state index contributed by atoms with van der Waals surface area (Å²) >= 11 is 1.56. The van der Waals surface area contributed by atoms with Crippen LogP contribution in [0.5, 0.6) is 0 Å². The van der Waals surface area contributed by atoms with Crippen molar-refractivity contribution in [3.8, 4) is 11.3 Å². The van der Waals surface area contributed by atoms with Crippen molar-refractivity contribution < 1.29 is 4.79 Å². The molecule has 120 valence electrons.